The van der Waals surface area contributed by atoms with Gasteiger partial charge in [-0.3, -0.25) is 0 Å². The van der Waals surface area contributed by atoms with Crippen LogP contribution in [0.3, 0.4) is 0 Å². The van der Waals surface area contributed by atoms with E-state index < -0.39 is 36.5 Å². The normalized spacial score (nSPS) is 22.3. The average Bonchev–Trinajstić information content (AvgIpc) is 3.09. The molecule has 2 rings (SSSR count). The van der Waals surface area contributed by atoms with E-state index in [-0.39, 0.29) is 26.4 Å². The van der Waals surface area contributed by atoms with Crippen LogP contribution in [0.1, 0.15) is 13.8 Å². The van der Waals surface area contributed by atoms with Crippen molar-refractivity contribution < 1.29 is 47.6 Å². The topological polar surface area (TPSA) is 124 Å². The van der Waals surface area contributed by atoms with E-state index in [0.29, 0.717) is 0 Å². The predicted molar refractivity (Wildman–Crippen MR) is 65.7 cm³/mol. The monoisotopic (exact) mass is 320 g/mol. The third-order valence-corrected chi connectivity index (χ3v) is 2.28. The number of hydrogen-bond donors (Lipinski definition) is 0. The Morgan fingerprint density at radius 1 is 0.909 bits per heavy atom. The van der Waals surface area contributed by atoms with Crippen molar-refractivity contribution in [2.75, 3.05) is 26.4 Å². The van der Waals surface area contributed by atoms with Crippen LogP contribution in [0.15, 0.2) is 0 Å². The van der Waals surface area contributed by atoms with Crippen molar-refractivity contribution in [3.05, 3.63) is 0 Å². The molecule has 2 unspecified atom stereocenters. The lowest BCUT2D eigenvalue weighted by Gasteiger charge is -2.03. The van der Waals surface area contributed by atoms with Crippen molar-refractivity contribution >= 4 is 24.2 Å². The number of carbonyl (C=O) groups excluding carboxylic acids is 4. The standard InChI is InChI=1S/2C6H8O5/c2*1-2-9-5(7)4-3-10-6(8)11-4/h2*4H,2-3H2,1H3. The van der Waals surface area contributed by atoms with Gasteiger partial charge in [0.1, 0.15) is 13.2 Å². The lowest BCUT2D eigenvalue weighted by molar-refractivity contribution is -0.151. The van der Waals surface area contributed by atoms with Crippen molar-refractivity contribution in [3.63, 3.8) is 0 Å². The van der Waals surface area contributed by atoms with E-state index in [0.717, 1.165) is 0 Å². The lowest BCUT2D eigenvalue weighted by atomic mass is 10.4. The Morgan fingerprint density at radius 2 is 1.27 bits per heavy atom. The van der Waals surface area contributed by atoms with Gasteiger partial charge in [0, 0.05) is 0 Å². The first-order valence-electron chi connectivity index (χ1n) is 6.48. The second-order valence-electron chi connectivity index (χ2n) is 3.84. The first-order valence-corrected chi connectivity index (χ1v) is 6.48. The minimum Gasteiger partial charge on any atom is -0.463 e. The van der Waals surface area contributed by atoms with Crippen molar-refractivity contribution in [1.29, 1.82) is 0 Å². The molecule has 0 radical (unpaired) electrons. The fourth-order valence-electron chi connectivity index (χ4n) is 1.36. The summed E-state index contributed by atoms with van der Waals surface area (Å²) in [5, 5.41) is 0. The molecule has 0 aromatic rings. The molecule has 0 aromatic heterocycles. The highest BCUT2D eigenvalue weighted by Crippen LogP contribution is 2.07. The largest absolute Gasteiger partial charge is 0.509 e. The van der Waals surface area contributed by atoms with E-state index in [4.69, 9.17) is 0 Å². The molecular weight excluding hydrogens is 304 g/mol. The number of cyclic esters (lactones) is 4. The molecule has 0 bridgehead atoms. The van der Waals surface area contributed by atoms with Gasteiger partial charge >= 0.3 is 24.2 Å². The Labute approximate surface area is 125 Å². The Morgan fingerprint density at radius 3 is 1.50 bits per heavy atom. The van der Waals surface area contributed by atoms with E-state index in [1.54, 1.807) is 13.8 Å². The molecular formula is C12H16O10. The van der Waals surface area contributed by atoms with E-state index in [1.165, 1.54) is 0 Å². The van der Waals surface area contributed by atoms with Crippen LogP contribution < -0.4 is 0 Å². The summed E-state index contributed by atoms with van der Waals surface area (Å²) in [6.07, 6.45) is -3.38. The smallest absolute Gasteiger partial charge is 0.463 e. The van der Waals surface area contributed by atoms with Crippen molar-refractivity contribution in [2.45, 2.75) is 26.1 Å². The van der Waals surface area contributed by atoms with Crippen LogP contribution >= 0.6 is 0 Å². The number of ether oxygens (including phenoxy) is 6. The van der Waals surface area contributed by atoms with Gasteiger partial charge in [0.15, 0.2) is 0 Å². The predicted octanol–water partition coefficient (Wildman–Crippen LogP) is 0.170. The highest BCUT2D eigenvalue weighted by atomic mass is 16.8. The molecule has 2 aliphatic heterocycles. The summed E-state index contributed by atoms with van der Waals surface area (Å²) in [6, 6.07) is 0. The lowest BCUT2D eigenvalue weighted by Crippen LogP contribution is -2.25. The van der Waals surface area contributed by atoms with E-state index in [1.807, 2.05) is 0 Å². The Kier molecular flexibility index (Phi) is 6.93. The maximum Gasteiger partial charge on any atom is 0.509 e. The van der Waals surface area contributed by atoms with Gasteiger partial charge in [0.05, 0.1) is 13.2 Å². The summed E-state index contributed by atoms with van der Waals surface area (Å²) in [7, 11) is 0. The second kappa shape index (κ2) is 8.70. The van der Waals surface area contributed by atoms with Gasteiger partial charge in [-0.25, -0.2) is 19.2 Å². The zero-order valence-corrected chi connectivity index (χ0v) is 12.1. The van der Waals surface area contributed by atoms with Crippen LogP contribution in [0, 0.1) is 0 Å². The number of rotatable bonds is 4. The summed E-state index contributed by atoms with van der Waals surface area (Å²) >= 11 is 0. The summed E-state index contributed by atoms with van der Waals surface area (Å²) in [5.74, 6) is -1.11. The zero-order valence-electron chi connectivity index (χ0n) is 12.1. The Balaban J connectivity index is 0.000000220. The van der Waals surface area contributed by atoms with Gasteiger partial charge in [-0.1, -0.05) is 0 Å². The van der Waals surface area contributed by atoms with Crippen LogP contribution in [0.4, 0.5) is 9.59 Å². The van der Waals surface area contributed by atoms with E-state index >= 15 is 0 Å². The quantitative estimate of drug-likeness (QED) is 0.523. The molecule has 0 saturated carbocycles. The second-order valence-corrected chi connectivity index (χ2v) is 3.84. The van der Waals surface area contributed by atoms with Crippen LogP contribution in [0.5, 0.6) is 0 Å². The van der Waals surface area contributed by atoms with Gasteiger partial charge in [-0.2, -0.15) is 0 Å². The van der Waals surface area contributed by atoms with Crippen molar-refractivity contribution in [1.82, 2.24) is 0 Å². The first-order chi connectivity index (χ1) is 10.5. The highest BCUT2D eigenvalue weighted by molar-refractivity contribution is 5.80. The fourth-order valence-corrected chi connectivity index (χ4v) is 1.36. The van der Waals surface area contributed by atoms with Gasteiger partial charge in [0.2, 0.25) is 12.2 Å². The molecule has 0 amide bonds. The number of esters is 2. The molecule has 10 heteroatoms. The maximum absolute atomic E-state index is 10.8. The Hall–Kier alpha value is -2.52. The molecule has 22 heavy (non-hydrogen) atoms. The molecule has 0 aliphatic carbocycles. The molecule has 2 atom stereocenters. The number of hydrogen-bond acceptors (Lipinski definition) is 10. The summed E-state index contributed by atoms with van der Waals surface area (Å²) in [5.41, 5.74) is 0. The highest BCUT2D eigenvalue weighted by Gasteiger charge is 2.33. The third kappa shape index (κ3) is 5.46. The Bertz CT molecular complexity index is 392. The maximum atomic E-state index is 10.8. The van der Waals surface area contributed by atoms with Gasteiger partial charge in [-0.05, 0) is 13.8 Å². The molecule has 2 heterocycles. The van der Waals surface area contributed by atoms with Crippen LogP contribution in [-0.2, 0) is 38.0 Å². The van der Waals surface area contributed by atoms with Gasteiger partial charge < -0.3 is 28.4 Å². The van der Waals surface area contributed by atoms with Crippen LogP contribution in [0.2, 0.25) is 0 Å². The van der Waals surface area contributed by atoms with Gasteiger partial charge in [-0.15, -0.1) is 0 Å². The summed E-state index contributed by atoms with van der Waals surface area (Å²) in [6.45, 7) is 3.81. The van der Waals surface area contributed by atoms with Crippen molar-refractivity contribution in [3.8, 4) is 0 Å². The third-order valence-electron chi connectivity index (χ3n) is 2.28. The number of carbonyl (C=O) groups is 4. The molecule has 2 aliphatic rings. The molecule has 0 aromatic carbocycles. The molecule has 2 saturated heterocycles. The molecule has 0 N–H and O–H groups in total. The first kappa shape index (κ1) is 17.5. The zero-order chi connectivity index (χ0) is 16.5. The molecule has 2 fully saturated rings. The summed E-state index contributed by atoms with van der Waals surface area (Å²) < 4.78 is 26.8. The SMILES string of the molecule is CCOC(=O)C1COC(=O)O1.CCOC(=O)C1COC(=O)O1. The molecule has 124 valence electrons. The fraction of sp³-hybridized carbons (Fsp3) is 0.667. The molecule has 0 spiro atoms. The summed E-state index contributed by atoms with van der Waals surface area (Å²) in [4.78, 5) is 42.2. The van der Waals surface area contributed by atoms with E-state index in [2.05, 4.69) is 28.4 Å². The van der Waals surface area contributed by atoms with E-state index in [9.17, 15) is 19.2 Å². The minimum absolute atomic E-state index is 0.0440. The molecule has 10 nitrogen and oxygen atoms in total. The average molecular weight is 320 g/mol. The van der Waals surface area contributed by atoms with Crippen molar-refractivity contribution in [2.24, 2.45) is 0 Å². The minimum atomic E-state index is -0.873. The van der Waals surface area contributed by atoms with Crippen LogP contribution in [-0.4, -0.2) is 62.9 Å². The van der Waals surface area contributed by atoms with Gasteiger partial charge in [0.25, 0.3) is 0 Å². The van der Waals surface area contributed by atoms with Crippen LogP contribution in [0.25, 0.3) is 0 Å².